The number of hydrogen-bond donors (Lipinski definition) is 1. The summed E-state index contributed by atoms with van der Waals surface area (Å²) in [5, 5.41) is 2.76. The number of nitrogens with one attached hydrogen (secondary N) is 1. The van der Waals surface area contributed by atoms with E-state index in [-0.39, 0.29) is 18.4 Å². The van der Waals surface area contributed by atoms with Crippen LogP contribution in [-0.4, -0.2) is 24.9 Å². The summed E-state index contributed by atoms with van der Waals surface area (Å²) in [6.45, 7) is 2.63. The SMILES string of the molecule is CC/C(=C\c1ccccc1)C(=O)NCC(=O)N1CCc2ccccc21. The van der Waals surface area contributed by atoms with Crippen molar-refractivity contribution in [3.63, 3.8) is 0 Å². The van der Waals surface area contributed by atoms with E-state index in [0.29, 0.717) is 18.5 Å². The molecule has 1 heterocycles. The van der Waals surface area contributed by atoms with Gasteiger partial charge in [-0.05, 0) is 36.1 Å². The molecule has 0 aliphatic carbocycles. The predicted octanol–water partition coefficient (Wildman–Crippen LogP) is 3.19. The molecule has 0 aromatic heterocycles. The average molecular weight is 334 g/mol. The maximum atomic E-state index is 12.5. The highest BCUT2D eigenvalue weighted by Gasteiger charge is 2.24. The van der Waals surface area contributed by atoms with Gasteiger partial charge in [0, 0.05) is 17.8 Å². The molecule has 128 valence electrons. The molecule has 3 rings (SSSR count). The van der Waals surface area contributed by atoms with Crippen molar-refractivity contribution in [3.8, 4) is 0 Å². The maximum absolute atomic E-state index is 12.5. The van der Waals surface area contributed by atoms with E-state index in [1.807, 2.05) is 67.6 Å². The van der Waals surface area contributed by atoms with Crippen LogP contribution in [0.2, 0.25) is 0 Å². The minimum atomic E-state index is -0.188. The smallest absolute Gasteiger partial charge is 0.247 e. The zero-order valence-electron chi connectivity index (χ0n) is 14.4. The summed E-state index contributed by atoms with van der Waals surface area (Å²) in [6.07, 6.45) is 3.34. The standard InChI is InChI=1S/C21H22N2O2/c1-2-17(14-16-8-4-3-5-9-16)21(25)22-15-20(24)23-13-12-18-10-6-7-11-19(18)23/h3-11,14H,2,12-13,15H2,1H3,(H,22,25)/b17-14+. The van der Waals surface area contributed by atoms with Gasteiger partial charge in [0.1, 0.15) is 0 Å². The molecule has 25 heavy (non-hydrogen) atoms. The lowest BCUT2D eigenvalue weighted by Gasteiger charge is -2.17. The molecule has 1 aliphatic rings. The van der Waals surface area contributed by atoms with Crippen molar-refractivity contribution < 1.29 is 9.59 Å². The quantitative estimate of drug-likeness (QED) is 0.854. The molecular weight excluding hydrogens is 312 g/mol. The van der Waals surface area contributed by atoms with Gasteiger partial charge in [-0.15, -0.1) is 0 Å². The van der Waals surface area contributed by atoms with E-state index in [0.717, 1.165) is 17.7 Å². The lowest BCUT2D eigenvalue weighted by atomic mass is 10.1. The van der Waals surface area contributed by atoms with Crippen LogP contribution in [0.5, 0.6) is 0 Å². The molecule has 2 amide bonds. The first-order chi connectivity index (χ1) is 12.2. The zero-order chi connectivity index (χ0) is 17.6. The molecule has 0 saturated heterocycles. The number of anilines is 1. The summed E-state index contributed by atoms with van der Waals surface area (Å²) >= 11 is 0. The van der Waals surface area contributed by atoms with Crippen molar-refractivity contribution in [2.24, 2.45) is 0 Å². The number of nitrogens with zero attached hydrogens (tertiary/aromatic N) is 1. The summed E-state index contributed by atoms with van der Waals surface area (Å²) in [5.74, 6) is -0.263. The Kier molecular flexibility index (Phi) is 5.29. The third kappa shape index (κ3) is 3.97. The van der Waals surface area contributed by atoms with E-state index in [1.54, 1.807) is 4.90 Å². The van der Waals surface area contributed by atoms with Crippen LogP contribution < -0.4 is 10.2 Å². The Labute approximate surface area is 148 Å². The fourth-order valence-corrected chi connectivity index (χ4v) is 3.04. The van der Waals surface area contributed by atoms with Gasteiger partial charge in [-0.25, -0.2) is 0 Å². The maximum Gasteiger partial charge on any atom is 0.247 e. The lowest BCUT2D eigenvalue weighted by Crippen LogP contribution is -2.39. The van der Waals surface area contributed by atoms with E-state index in [4.69, 9.17) is 0 Å². The highest BCUT2D eigenvalue weighted by molar-refractivity contribution is 6.02. The van der Waals surface area contributed by atoms with Gasteiger partial charge in [-0.1, -0.05) is 55.5 Å². The Morgan fingerprint density at radius 2 is 1.80 bits per heavy atom. The van der Waals surface area contributed by atoms with Crippen LogP contribution in [0, 0.1) is 0 Å². The molecule has 1 aliphatic heterocycles. The van der Waals surface area contributed by atoms with E-state index >= 15 is 0 Å². The van der Waals surface area contributed by atoms with Crippen molar-refractivity contribution in [1.82, 2.24) is 5.32 Å². The molecule has 0 unspecified atom stereocenters. The van der Waals surface area contributed by atoms with Crippen LogP contribution in [0.4, 0.5) is 5.69 Å². The largest absolute Gasteiger partial charge is 0.343 e. The van der Waals surface area contributed by atoms with Crippen LogP contribution in [0.25, 0.3) is 6.08 Å². The predicted molar refractivity (Wildman–Crippen MR) is 100 cm³/mol. The second kappa shape index (κ2) is 7.79. The van der Waals surface area contributed by atoms with E-state index in [2.05, 4.69) is 5.32 Å². The third-order valence-corrected chi connectivity index (χ3v) is 4.40. The fourth-order valence-electron chi connectivity index (χ4n) is 3.04. The Morgan fingerprint density at radius 3 is 2.56 bits per heavy atom. The molecule has 4 heteroatoms. The minimum Gasteiger partial charge on any atom is -0.343 e. The number of amides is 2. The first kappa shape index (κ1) is 17.0. The van der Waals surface area contributed by atoms with Crippen LogP contribution in [0.3, 0.4) is 0 Å². The van der Waals surface area contributed by atoms with Gasteiger partial charge in [-0.3, -0.25) is 9.59 Å². The second-order valence-electron chi connectivity index (χ2n) is 6.04. The van der Waals surface area contributed by atoms with Gasteiger partial charge >= 0.3 is 0 Å². The van der Waals surface area contributed by atoms with Crippen molar-refractivity contribution in [2.75, 3.05) is 18.0 Å². The van der Waals surface area contributed by atoms with Crippen LogP contribution in [-0.2, 0) is 16.0 Å². The number of benzene rings is 2. The van der Waals surface area contributed by atoms with Crippen molar-refractivity contribution in [3.05, 3.63) is 71.3 Å². The molecule has 0 spiro atoms. The first-order valence-corrected chi connectivity index (χ1v) is 8.61. The minimum absolute atomic E-state index is 0.0132. The summed E-state index contributed by atoms with van der Waals surface area (Å²) in [7, 11) is 0. The van der Waals surface area contributed by atoms with Crippen molar-refractivity contribution in [1.29, 1.82) is 0 Å². The normalized spacial score (nSPS) is 13.5. The fraction of sp³-hybridized carbons (Fsp3) is 0.238. The van der Waals surface area contributed by atoms with E-state index in [9.17, 15) is 9.59 Å². The molecule has 2 aromatic carbocycles. The number of fused-ring (bicyclic) bond motifs is 1. The summed E-state index contributed by atoms with van der Waals surface area (Å²) in [4.78, 5) is 26.6. The van der Waals surface area contributed by atoms with Gasteiger partial charge in [0.15, 0.2) is 0 Å². The third-order valence-electron chi connectivity index (χ3n) is 4.40. The number of carbonyl (C=O) groups is 2. The van der Waals surface area contributed by atoms with Gasteiger partial charge < -0.3 is 10.2 Å². The highest BCUT2D eigenvalue weighted by Crippen LogP contribution is 2.27. The topological polar surface area (TPSA) is 49.4 Å². The first-order valence-electron chi connectivity index (χ1n) is 8.61. The Hall–Kier alpha value is -2.88. The number of rotatable bonds is 5. The molecule has 2 aromatic rings. The van der Waals surface area contributed by atoms with Gasteiger partial charge in [0.2, 0.25) is 11.8 Å². The van der Waals surface area contributed by atoms with Gasteiger partial charge in [0.25, 0.3) is 0 Å². The highest BCUT2D eigenvalue weighted by atomic mass is 16.2. The molecule has 4 nitrogen and oxygen atoms in total. The van der Waals surface area contributed by atoms with Crippen LogP contribution in [0.1, 0.15) is 24.5 Å². The van der Waals surface area contributed by atoms with Crippen molar-refractivity contribution in [2.45, 2.75) is 19.8 Å². The Morgan fingerprint density at radius 1 is 1.08 bits per heavy atom. The van der Waals surface area contributed by atoms with Gasteiger partial charge in [0.05, 0.1) is 6.54 Å². The summed E-state index contributed by atoms with van der Waals surface area (Å²) < 4.78 is 0. The Balaban J connectivity index is 1.62. The van der Waals surface area contributed by atoms with Crippen molar-refractivity contribution >= 4 is 23.6 Å². The number of carbonyl (C=O) groups excluding carboxylic acids is 2. The Bertz CT molecular complexity index is 797. The van der Waals surface area contributed by atoms with Gasteiger partial charge in [-0.2, -0.15) is 0 Å². The molecule has 0 saturated carbocycles. The zero-order valence-corrected chi connectivity index (χ0v) is 14.4. The summed E-state index contributed by atoms with van der Waals surface area (Å²) in [6, 6.07) is 17.6. The number of hydrogen-bond acceptors (Lipinski definition) is 2. The average Bonchev–Trinajstić information content (AvgIpc) is 3.09. The molecule has 0 atom stereocenters. The second-order valence-corrected chi connectivity index (χ2v) is 6.04. The molecular formula is C21H22N2O2. The van der Waals surface area contributed by atoms with E-state index < -0.39 is 0 Å². The summed E-state index contributed by atoms with van der Waals surface area (Å²) in [5.41, 5.74) is 3.79. The van der Waals surface area contributed by atoms with E-state index in [1.165, 1.54) is 5.56 Å². The molecule has 0 fully saturated rings. The van der Waals surface area contributed by atoms with Crippen LogP contribution >= 0.6 is 0 Å². The van der Waals surface area contributed by atoms with Crippen LogP contribution in [0.15, 0.2) is 60.2 Å². The number of para-hydroxylation sites is 1. The molecule has 0 bridgehead atoms. The monoisotopic (exact) mass is 334 g/mol. The lowest BCUT2D eigenvalue weighted by molar-refractivity contribution is -0.122. The molecule has 0 radical (unpaired) electrons. The molecule has 1 N–H and O–H groups in total.